The smallest absolute Gasteiger partial charge is 0.306 e. The predicted molar refractivity (Wildman–Crippen MR) is 245 cm³/mol. The van der Waals surface area contributed by atoms with Gasteiger partial charge in [0.2, 0.25) is 0 Å². The van der Waals surface area contributed by atoms with Gasteiger partial charge < -0.3 is 29.2 Å². The van der Waals surface area contributed by atoms with Crippen LogP contribution in [0.5, 0.6) is 0 Å². The van der Waals surface area contributed by atoms with Crippen molar-refractivity contribution < 1.29 is 48.3 Å². The average molecular weight is 857 g/mol. The Kier molecular flexibility index (Phi) is 49.4. The molecule has 0 saturated carbocycles. The van der Waals surface area contributed by atoms with Crippen molar-refractivity contribution in [1.29, 1.82) is 0 Å². The average Bonchev–Trinajstić information content (AvgIpc) is 3.24. The van der Waals surface area contributed by atoms with Crippen LogP contribution in [0.25, 0.3) is 0 Å². The topological polar surface area (TPSA) is 146 Å². The fourth-order valence-electron chi connectivity index (χ4n) is 6.89. The summed E-state index contributed by atoms with van der Waals surface area (Å²) in [5.74, 6) is -1.27. The van der Waals surface area contributed by atoms with E-state index in [1.165, 1.54) is 167 Å². The van der Waals surface area contributed by atoms with Crippen molar-refractivity contribution in [1.82, 2.24) is 0 Å². The Morgan fingerprint density at radius 1 is 0.350 bits per heavy atom. The molecule has 0 aliphatic rings. The van der Waals surface area contributed by atoms with E-state index in [0.29, 0.717) is 38.5 Å². The number of hydrogen-bond acceptors (Lipinski definition) is 10. The minimum atomic E-state index is -0.954. The Hall–Kier alpha value is -2.20. The Bertz CT molecular complexity index is 892. The van der Waals surface area contributed by atoms with E-state index in [1.54, 1.807) is 0 Å². The number of carbonyl (C=O) groups excluding carboxylic acids is 4. The lowest BCUT2D eigenvalue weighted by Gasteiger charge is -2.15. The van der Waals surface area contributed by atoms with Gasteiger partial charge in [0.05, 0.1) is 6.61 Å². The Balaban J connectivity index is 0. The molecule has 0 saturated heterocycles. The minimum Gasteiger partial charge on any atom is -0.463 e. The van der Waals surface area contributed by atoms with Crippen molar-refractivity contribution >= 4 is 23.9 Å². The Morgan fingerprint density at radius 2 is 0.617 bits per heavy atom. The highest BCUT2D eigenvalue weighted by Crippen LogP contribution is 2.16. The number of hydrogen-bond donors (Lipinski definition) is 2. The van der Waals surface area contributed by atoms with Crippen LogP contribution in [0.1, 0.15) is 259 Å². The summed E-state index contributed by atoms with van der Waals surface area (Å²) in [7, 11) is 0. The van der Waals surface area contributed by atoms with E-state index in [2.05, 4.69) is 13.8 Å². The normalized spacial score (nSPS) is 11.5. The molecule has 0 aromatic rings. The third-order valence-corrected chi connectivity index (χ3v) is 10.7. The van der Waals surface area contributed by atoms with Crippen molar-refractivity contribution in [3.8, 4) is 0 Å². The third kappa shape index (κ3) is 48.5. The molecule has 356 valence electrons. The maximum Gasteiger partial charge on any atom is 0.306 e. The van der Waals surface area contributed by atoms with Gasteiger partial charge in [-0.05, 0) is 25.7 Å². The lowest BCUT2D eigenvalue weighted by Crippen LogP contribution is -2.28. The highest BCUT2D eigenvalue weighted by atomic mass is 16.6. The summed E-state index contributed by atoms with van der Waals surface area (Å²) in [6.45, 7) is 7.63. The van der Waals surface area contributed by atoms with E-state index >= 15 is 0 Å². The molecule has 0 aromatic heterocycles. The summed E-state index contributed by atoms with van der Waals surface area (Å²) in [6, 6.07) is 0. The highest BCUT2D eigenvalue weighted by molar-refractivity contribution is 5.70. The monoisotopic (exact) mass is 857 g/mol. The zero-order chi connectivity index (χ0) is 44.6. The first-order valence-electron chi connectivity index (χ1n) is 25.2. The standard InChI is InChI=1S/C39H76O5.C11H20O5/c1-3-5-7-9-11-13-15-17-19-21-23-25-27-29-31-33-38(41)43-35-37(40)36-44-39(42)34-32-30-28-26-24-22-20-18-16-14-12-10-8-6-4-2;1-3-5-10(13)15-8-9(7-12)16-11(14)6-4-2/h37,40H,3-36H2,1-2H3;9,12H,3-8H2,1-2H3. The Labute approximate surface area is 368 Å². The molecule has 0 bridgehead atoms. The molecule has 10 nitrogen and oxygen atoms in total. The highest BCUT2D eigenvalue weighted by Gasteiger charge is 2.15. The minimum absolute atomic E-state index is 0.0786. The van der Waals surface area contributed by atoms with Gasteiger partial charge in [0, 0.05) is 25.7 Å². The molecular weight excluding hydrogens is 761 g/mol. The second-order valence-corrected chi connectivity index (χ2v) is 16.9. The molecule has 0 rings (SSSR count). The molecule has 2 N–H and O–H groups in total. The van der Waals surface area contributed by atoms with Crippen LogP contribution in [0, 0.1) is 0 Å². The molecule has 0 aromatic carbocycles. The van der Waals surface area contributed by atoms with Crippen LogP contribution < -0.4 is 0 Å². The second-order valence-electron chi connectivity index (χ2n) is 16.9. The van der Waals surface area contributed by atoms with Gasteiger partial charge in [-0.15, -0.1) is 0 Å². The lowest BCUT2D eigenvalue weighted by molar-refractivity contribution is -0.161. The number of carbonyl (C=O) groups is 4. The first-order chi connectivity index (χ1) is 29.2. The summed E-state index contributed by atoms with van der Waals surface area (Å²) in [5.41, 5.74) is 0. The molecule has 0 fully saturated rings. The molecule has 0 radical (unpaired) electrons. The fourth-order valence-corrected chi connectivity index (χ4v) is 6.89. The van der Waals surface area contributed by atoms with Crippen LogP contribution in [0.2, 0.25) is 0 Å². The van der Waals surface area contributed by atoms with Crippen LogP contribution >= 0.6 is 0 Å². The second kappa shape index (κ2) is 49.5. The summed E-state index contributed by atoms with van der Waals surface area (Å²) < 4.78 is 20.1. The molecule has 0 amide bonds. The number of ether oxygens (including phenoxy) is 4. The van der Waals surface area contributed by atoms with Crippen molar-refractivity contribution in [3.05, 3.63) is 0 Å². The molecule has 1 unspecified atom stereocenters. The summed E-state index contributed by atoms with van der Waals surface area (Å²) in [6.07, 6.45) is 39.9. The molecule has 0 heterocycles. The van der Waals surface area contributed by atoms with E-state index in [1.807, 2.05) is 13.8 Å². The fraction of sp³-hybridized carbons (Fsp3) is 0.920. The molecule has 10 heteroatoms. The van der Waals surface area contributed by atoms with Crippen LogP contribution in [0.15, 0.2) is 0 Å². The number of aliphatic hydroxyl groups excluding tert-OH is 2. The van der Waals surface area contributed by atoms with Gasteiger partial charge in [-0.3, -0.25) is 19.2 Å². The molecule has 60 heavy (non-hydrogen) atoms. The maximum absolute atomic E-state index is 11.9. The molecular formula is C50H96O10. The summed E-state index contributed by atoms with van der Waals surface area (Å²) in [5, 5.41) is 18.9. The number of unbranched alkanes of at least 4 members (excludes halogenated alkanes) is 28. The number of aliphatic hydroxyl groups is 2. The first kappa shape index (κ1) is 59.9. The summed E-state index contributed by atoms with van der Waals surface area (Å²) in [4.78, 5) is 46.0. The zero-order valence-electron chi connectivity index (χ0n) is 39.6. The van der Waals surface area contributed by atoms with E-state index in [4.69, 9.17) is 24.1 Å². The van der Waals surface area contributed by atoms with E-state index in [-0.39, 0.29) is 50.3 Å². The first-order valence-corrected chi connectivity index (χ1v) is 25.2. The molecule has 0 spiro atoms. The van der Waals surface area contributed by atoms with Gasteiger partial charge in [-0.2, -0.15) is 0 Å². The quantitative estimate of drug-likeness (QED) is 0.0345. The van der Waals surface area contributed by atoms with Gasteiger partial charge in [-0.25, -0.2) is 0 Å². The zero-order valence-corrected chi connectivity index (χ0v) is 39.6. The predicted octanol–water partition coefficient (Wildman–Crippen LogP) is 13.0. The number of esters is 4. The van der Waals surface area contributed by atoms with Crippen LogP contribution in [-0.4, -0.2) is 72.7 Å². The maximum atomic E-state index is 11.9. The number of rotatable bonds is 44. The van der Waals surface area contributed by atoms with Gasteiger partial charge in [0.1, 0.15) is 25.9 Å². The van der Waals surface area contributed by atoms with Crippen molar-refractivity contribution in [2.75, 3.05) is 26.4 Å². The van der Waals surface area contributed by atoms with E-state index in [9.17, 15) is 24.3 Å². The van der Waals surface area contributed by atoms with Gasteiger partial charge >= 0.3 is 23.9 Å². The van der Waals surface area contributed by atoms with Crippen molar-refractivity contribution in [3.63, 3.8) is 0 Å². The molecule has 1 atom stereocenters. The third-order valence-electron chi connectivity index (χ3n) is 10.7. The summed E-state index contributed by atoms with van der Waals surface area (Å²) >= 11 is 0. The molecule has 0 aliphatic heterocycles. The van der Waals surface area contributed by atoms with Gasteiger partial charge in [0.15, 0.2) is 6.10 Å². The van der Waals surface area contributed by atoms with Crippen molar-refractivity contribution in [2.24, 2.45) is 0 Å². The van der Waals surface area contributed by atoms with Gasteiger partial charge in [-0.1, -0.05) is 207 Å². The molecule has 0 aliphatic carbocycles. The van der Waals surface area contributed by atoms with Crippen LogP contribution in [0.4, 0.5) is 0 Å². The van der Waals surface area contributed by atoms with Crippen molar-refractivity contribution in [2.45, 2.75) is 271 Å². The SMILES string of the molecule is CCCC(=O)OCC(CO)OC(=O)CCC.CCCCCCCCCCCCCCCCCC(=O)OCC(O)COC(=O)CCCCCCCCCCCCCCCCC. The van der Waals surface area contributed by atoms with Crippen LogP contribution in [0.3, 0.4) is 0 Å². The van der Waals surface area contributed by atoms with Crippen LogP contribution in [-0.2, 0) is 38.1 Å². The Morgan fingerprint density at radius 3 is 0.917 bits per heavy atom. The van der Waals surface area contributed by atoms with Gasteiger partial charge in [0.25, 0.3) is 0 Å². The lowest BCUT2D eigenvalue weighted by atomic mass is 10.0. The van der Waals surface area contributed by atoms with E-state index in [0.717, 1.165) is 25.7 Å². The van der Waals surface area contributed by atoms with E-state index < -0.39 is 12.2 Å². The largest absolute Gasteiger partial charge is 0.463 e.